The van der Waals surface area contributed by atoms with Crippen molar-refractivity contribution in [3.8, 4) is 5.88 Å². The molecule has 14 heteroatoms. The number of aromatic nitrogens is 3. The zero-order chi connectivity index (χ0) is 26.5. The van der Waals surface area contributed by atoms with Gasteiger partial charge in [-0.1, -0.05) is 35.2 Å². The van der Waals surface area contributed by atoms with E-state index in [1.54, 1.807) is 60.0 Å². The molecule has 0 aliphatic rings. The summed E-state index contributed by atoms with van der Waals surface area (Å²) in [6.45, 7) is 5.37. The molecule has 0 radical (unpaired) electrons. The summed E-state index contributed by atoms with van der Waals surface area (Å²) in [5, 5.41) is 8.31. The molecule has 0 unspecified atom stereocenters. The Bertz CT molecular complexity index is 1290. The maximum Gasteiger partial charge on any atom is 0.421 e. The third kappa shape index (κ3) is 7.53. The van der Waals surface area contributed by atoms with Crippen LogP contribution < -0.4 is 20.7 Å². The molecule has 190 valence electrons. The molecular formula is C22H18F3I3N6O2. The lowest BCUT2D eigenvalue weighted by Crippen LogP contribution is -2.15. The number of ether oxygens (including phenoxy) is 1. The third-order valence-electron chi connectivity index (χ3n) is 4.61. The monoisotopic (exact) mass is 836 g/mol. The molecule has 0 bridgehead atoms. The fourth-order valence-electron chi connectivity index (χ4n) is 2.84. The number of aryl methyl sites for hydroxylation is 1. The number of halogens is 6. The minimum Gasteiger partial charge on any atom is -0.467 e. The molecule has 2 heterocycles. The lowest BCUT2D eigenvalue weighted by Gasteiger charge is -2.18. The van der Waals surface area contributed by atoms with Gasteiger partial charge in [-0.25, -0.2) is 9.97 Å². The maximum atomic E-state index is 13.8. The summed E-state index contributed by atoms with van der Waals surface area (Å²) in [7, 11) is 0. The number of hydrogen-bond acceptors (Lipinski definition) is 7. The van der Waals surface area contributed by atoms with Gasteiger partial charge in [-0.05, 0) is 75.4 Å². The first kappa shape index (κ1) is 28.6. The molecule has 0 aliphatic carbocycles. The minimum atomic E-state index is -4.73. The Hall–Kier alpha value is -1.96. The van der Waals surface area contributed by atoms with Crippen molar-refractivity contribution in [1.82, 2.24) is 15.0 Å². The summed E-state index contributed by atoms with van der Waals surface area (Å²) in [5.74, 6) is -0.685. The molecule has 0 atom stereocenters. The van der Waals surface area contributed by atoms with Gasteiger partial charge in [-0.2, -0.15) is 18.2 Å². The highest BCUT2D eigenvalue weighted by atomic mass is 127. The Morgan fingerprint density at radius 3 is 2.47 bits per heavy atom. The van der Waals surface area contributed by atoms with Crippen molar-refractivity contribution in [2.24, 2.45) is 0 Å². The van der Waals surface area contributed by atoms with E-state index < -0.39 is 23.5 Å². The van der Waals surface area contributed by atoms with Crippen molar-refractivity contribution >= 4 is 103 Å². The highest BCUT2D eigenvalue weighted by Crippen LogP contribution is 2.37. The van der Waals surface area contributed by atoms with E-state index in [-0.39, 0.29) is 15.2 Å². The van der Waals surface area contributed by atoms with Crippen LogP contribution in [0.15, 0.2) is 46.8 Å². The number of anilines is 5. The minimum absolute atomic E-state index is 0.0738. The predicted molar refractivity (Wildman–Crippen MR) is 158 cm³/mol. The molecule has 1 aromatic carbocycles. The van der Waals surface area contributed by atoms with Gasteiger partial charge in [-0.3, -0.25) is 4.79 Å². The molecule has 8 nitrogen and oxygen atoms in total. The van der Waals surface area contributed by atoms with Gasteiger partial charge in [0.15, 0.2) is 0 Å². The molecule has 36 heavy (non-hydrogen) atoms. The summed E-state index contributed by atoms with van der Waals surface area (Å²) in [4.78, 5) is 24.3. The number of benzene rings is 1. The van der Waals surface area contributed by atoms with Crippen molar-refractivity contribution < 1.29 is 22.7 Å². The van der Waals surface area contributed by atoms with Crippen LogP contribution in [0.2, 0.25) is 0 Å². The van der Waals surface area contributed by atoms with Gasteiger partial charge in [0.2, 0.25) is 11.8 Å². The van der Waals surface area contributed by atoms with Crippen LogP contribution in [0, 0.1) is 6.92 Å². The first-order chi connectivity index (χ1) is 17.0. The standard InChI is InChI=1S/C22H18F3I3N6O2/c1-11-8-29-18(36-10-27)6-16(11)33-21-30-9-14(22(23,24)25)19(34-21)31-15-4-3-13(7-26)5-17(15)32-20(35)12(2)28/h3-6,8-9H,2,7,10H2,1H3,(H,32,35)(H2,29,30,31,33,34). The molecule has 0 aliphatic heterocycles. The number of carbonyl (C=O) groups excluding carboxylic acids is 1. The third-order valence-corrected chi connectivity index (χ3v) is 6.29. The van der Waals surface area contributed by atoms with Gasteiger partial charge in [-0.15, -0.1) is 0 Å². The van der Waals surface area contributed by atoms with Gasteiger partial charge >= 0.3 is 6.18 Å². The van der Waals surface area contributed by atoms with Crippen LogP contribution in [-0.4, -0.2) is 25.5 Å². The van der Waals surface area contributed by atoms with Crippen LogP contribution >= 0.6 is 67.8 Å². The fourth-order valence-corrected chi connectivity index (χ4v) is 3.77. The number of nitrogens with zero attached hydrogens (tertiary/aromatic N) is 3. The van der Waals surface area contributed by atoms with E-state index in [1.165, 1.54) is 0 Å². The predicted octanol–water partition coefficient (Wildman–Crippen LogP) is 7.28. The second-order valence-corrected chi connectivity index (χ2v) is 9.85. The SMILES string of the molecule is C=C(I)C(=O)Nc1cc(CI)ccc1Nc1nc(Nc2cc(OCI)ncc2C)ncc1C(F)(F)F. The summed E-state index contributed by atoms with van der Waals surface area (Å²) in [6, 6.07) is 6.60. The van der Waals surface area contributed by atoms with Gasteiger partial charge in [0.1, 0.15) is 16.0 Å². The number of carbonyl (C=O) groups is 1. The van der Waals surface area contributed by atoms with Crippen LogP contribution in [0.5, 0.6) is 5.88 Å². The topological polar surface area (TPSA) is 101 Å². The first-order valence-electron chi connectivity index (χ1n) is 10.00. The largest absolute Gasteiger partial charge is 0.467 e. The van der Waals surface area contributed by atoms with Crippen LogP contribution in [-0.2, 0) is 15.4 Å². The van der Waals surface area contributed by atoms with E-state index >= 15 is 0 Å². The van der Waals surface area contributed by atoms with Crippen molar-refractivity contribution in [2.45, 2.75) is 17.5 Å². The Kier molecular flexibility index (Phi) is 9.95. The second-order valence-electron chi connectivity index (χ2n) is 7.17. The molecular weight excluding hydrogens is 818 g/mol. The van der Waals surface area contributed by atoms with E-state index in [2.05, 4.69) is 60.1 Å². The van der Waals surface area contributed by atoms with Crippen LogP contribution in [0.1, 0.15) is 16.7 Å². The average Bonchev–Trinajstić information content (AvgIpc) is 2.81. The molecule has 0 saturated carbocycles. The van der Waals surface area contributed by atoms with Gasteiger partial charge in [0, 0.05) is 22.9 Å². The number of rotatable bonds is 9. The summed E-state index contributed by atoms with van der Waals surface area (Å²) in [6.07, 6.45) is -2.46. The average molecular weight is 836 g/mol. The van der Waals surface area contributed by atoms with E-state index in [0.29, 0.717) is 38.1 Å². The fraction of sp³-hybridized carbons (Fsp3) is 0.182. The van der Waals surface area contributed by atoms with Crippen molar-refractivity contribution in [3.63, 3.8) is 0 Å². The molecule has 0 spiro atoms. The van der Waals surface area contributed by atoms with Crippen molar-refractivity contribution in [1.29, 1.82) is 0 Å². The number of alkyl halides is 5. The highest BCUT2D eigenvalue weighted by molar-refractivity contribution is 14.1. The van der Waals surface area contributed by atoms with Gasteiger partial charge in [0.25, 0.3) is 5.91 Å². The molecule has 3 N–H and O–H groups in total. The lowest BCUT2D eigenvalue weighted by molar-refractivity contribution is -0.137. The van der Waals surface area contributed by atoms with E-state index in [4.69, 9.17) is 4.74 Å². The number of pyridine rings is 1. The van der Waals surface area contributed by atoms with E-state index in [9.17, 15) is 18.0 Å². The first-order valence-corrected chi connectivity index (χ1v) is 14.1. The smallest absolute Gasteiger partial charge is 0.421 e. The molecule has 2 aromatic heterocycles. The Morgan fingerprint density at radius 2 is 1.83 bits per heavy atom. The summed E-state index contributed by atoms with van der Waals surface area (Å²) < 4.78 is 48.0. The Balaban J connectivity index is 2.02. The van der Waals surface area contributed by atoms with Crippen LogP contribution in [0.25, 0.3) is 0 Å². The number of nitrogens with one attached hydrogen (secondary N) is 3. The van der Waals surface area contributed by atoms with E-state index in [1.807, 2.05) is 22.6 Å². The number of hydrogen-bond donors (Lipinski definition) is 3. The summed E-state index contributed by atoms with van der Waals surface area (Å²) in [5.41, 5.74) is 1.56. The molecule has 1 amide bonds. The quantitative estimate of drug-likeness (QED) is 0.118. The zero-order valence-electron chi connectivity index (χ0n) is 18.5. The normalized spacial score (nSPS) is 11.1. The Morgan fingerprint density at radius 1 is 1.08 bits per heavy atom. The lowest BCUT2D eigenvalue weighted by atomic mass is 10.1. The molecule has 0 fully saturated rings. The zero-order valence-corrected chi connectivity index (χ0v) is 25.0. The van der Waals surface area contributed by atoms with Crippen LogP contribution in [0.4, 0.5) is 42.0 Å². The van der Waals surface area contributed by atoms with Crippen LogP contribution in [0.3, 0.4) is 0 Å². The van der Waals surface area contributed by atoms with Crippen molar-refractivity contribution in [3.05, 3.63) is 63.5 Å². The number of amides is 1. The van der Waals surface area contributed by atoms with Gasteiger partial charge < -0.3 is 20.7 Å². The summed E-state index contributed by atoms with van der Waals surface area (Å²) >= 11 is 5.94. The maximum absolute atomic E-state index is 13.8. The second kappa shape index (κ2) is 12.5. The van der Waals surface area contributed by atoms with Gasteiger partial charge in [0.05, 0.1) is 20.6 Å². The van der Waals surface area contributed by atoms with E-state index in [0.717, 1.165) is 5.56 Å². The Labute approximate surface area is 245 Å². The highest BCUT2D eigenvalue weighted by Gasteiger charge is 2.35. The molecule has 0 saturated heterocycles. The van der Waals surface area contributed by atoms with Crippen molar-refractivity contribution in [2.75, 3.05) is 20.6 Å². The molecule has 3 rings (SSSR count). The molecule has 3 aromatic rings.